The molecule has 0 aromatic rings. The van der Waals surface area contributed by atoms with Gasteiger partial charge in [0.15, 0.2) is 0 Å². The average Bonchev–Trinajstić information content (AvgIpc) is 2.49. The third-order valence-electron chi connectivity index (χ3n) is 2.72. The summed E-state index contributed by atoms with van der Waals surface area (Å²) in [5.74, 6) is 0. The van der Waals surface area contributed by atoms with Crippen molar-refractivity contribution in [1.29, 1.82) is 0 Å². The van der Waals surface area contributed by atoms with Gasteiger partial charge < -0.3 is 0 Å². The van der Waals surface area contributed by atoms with E-state index in [2.05, 4.69) is 18.9 Å². The third-order valence-corrected chi connectivity index (χ3v) is 2.72. The molecule has 0 spiro atoms. The first-order valence-electron chi connectivity index (χ1n) is 3.04. The van der Waals surface area contributed by atoms with Gasteiger partial charge in [0.2, 0.25) is 0 Å². The molecule has 0 N–H and O–H groups in total. The zero-order chi connectivity index (χ0) is 5.07. The fourth-order valence-electron chi connectivity index (χ4n) is 1.68. The van der Waals surface area contributed by atoms with Crippen molar-refractivity contribution in [2.24, 2.45) is 0 Å². The Bertz CT molecular complexity index is 105. The normalized spacial score (nSPS) is 64.3. The zero-order valence-corrected chi connectivity index (χ0v) is 4.94. The fourth-order valence-corrected chi connectivity index (χ4v) is 1.68. The maximum absolute atomic E-state index is 2.47. The summed E-state index contributed by atoms with van der Waals surface area (Å²) in [7, 11) is 2.22. The molecular formula is C6H11N. The van der Waals surface area contributed by atoms with Crippen LogP contribution in [0.25, 0.3) is 0 Å². The van der Waals surface area contributed by atoms with Crippen LogP contribution >= 0.6 is 0 Å². The molecule has 2 rings (SSSR count). The quantitative estimate of drug-likeness (QED) is 0.438. The summed E-state index contributed by atoms with van der Waals surface area (Å²) in [5.41, 5.74) is 0.750. The van der Waals surface area contributed by atoms with E-state index in [1.165, 1.54) is 12.8 Å². The van der Waals surface area contributed by atoms with E-state index in [1.54, 1.807) is 0 Å². The van der Waals surface area contributed by atoms with Crippen LogP contribution < -0.4 is 0 Å². The summed E-state index contributed by atoms with van der Waals surface area (Å²) in [5, 5.41) is 0. The molecule has 3 unspecified atom stereocenters. The molecule has 3 atom stereocenters. The van der Waals surface area contributed by atoms with Gasteiger partial charge in [-0.15, -0.1) is 0 Å². The monoisotopic (exact) mass is 97.1 g/mol. The zero-order valence-electron chi connectivity index (χ0n) is 4.94. The van der Waals surface area contributed by atoms with Crippen molar-refractivity contribution in [3.05, 3.63) is 0 Å². The number of likely N-dealkylation sites (tertiary alicyclic amines) is 1. The molecule has 1 saturated carbocycles. The van der Waals surface area contributed by atoms with Gasteiger partial charge in [0.1, 0.15) is 0 Å². The maximum atomic E-state index is 2.47. The summed E-state index contributed by atoms with van der Waals surface area (Å²) in [6.07, 6.45) is 2.86. The van der Waals surface area contributed by atoms with E-state index in [0.29, 0.717) is 0 Å². The lowest BCUT2D eigenvalue weighted by Crippen LogP contribution is -2.10. The number of hydrogen-bond acceptors (Lipinski definition) is 1. The van der Waals surface area contributed by atoms with E-state index in [-0.39, 0.29) is 0 Å². The molecule has 1 heterocycles. The summed E-state index contributed by atoms with van der Waals surface area (Å²) in [6, 6.07) is 1.01. The topological polar surface area (TPSA) is 3.01 Å². The van der Waals surface area contributed by atoms with Crippen molar-refractivity contribution in [2.45, 2.75) is 31.3 Å². The maximum Gasteiger partial charge on any atom is 0.0379 e. The Kier molecular flexibility index (Phi) is 0.419. The minimum Gasteiger partial charge on any atom is -0.294 e. The Morgan fingerprint density at radius 3 is 2.43 bits per heavy atom. The van der Waals surface area contributed by atoms with Crippen molar-refractivity contribution < 1.29 is 0 Å². The van der Waals surface area contributed by atoms with Crippen LogP contribution in [-0.2, 0) is 0 Å². The Hall–Kier alpha value is -0.0400. The number of fused-ring (bicyclic) bond motifs is 1. The van der Waals surface area contributed by atoms with E-state index < -0.39 is 0 Å². The van der Waals surface area contributed by atoms with Gasteiger partial charge in [-0.05, 0) is 19.9 Å². The van der Waals surface area contributed by atoms with Crippen molar-refractivity contribution >= 4 is 0 Å². The number of likely N-dealkylation sites (N-methyl/N-ethyl adjacent to an activating group) is 1. The van der Waals surface area contributed by atoms with Gasteiger partial charge >= 0.3 is 0 Å². The molecule has 0 radical (unpaired) electrons. The van der Waals surface area contributed by atoms with Crippen LogP contribution in [0.3, 0.4) is 0 Å². The van der Waals surface area contributed by atoms with Gasteiger partial charge in [0.05, 0.1) is 0 Å². The molecule has 1 heteroatoms. The lowest BCUT2D eigenvalue weighted by Gasteiger charge is -2.04. The summed E-state index contributed by atoms with van der Waals surface area (Å²) < 4.78 is 0. The first kappa shape index (κ1) is 3.90. The smallest absolute Gasteiger partial charge is 0.0379 e. The Balaban J connectivity index is 2.08. The van der Waals surface area contributed by atoms with Crippen LogP contribution in [0, 0.1) is 0 Å². The van der Waals surface area contributed by atoms with E-state index >= 15 is 0 Å². The van der Waals surface area contributed by atoms with Gasteiger partial charge in [-0.1, -0.05) is 6.92 Å². The minimum absolute atomic E-state index is 0.750. The lowest BCUT2D eigenvalue weighted by atomic mass is 10.3. The molecule has 0 amide bonds. The fraction of sp³-hybridized carbons (Fsp3) is 1.00. The number of nitrogens with zero attached hydrogens (tertiary/aromatic N) is 1. The van der Waals surface area contributed by atoms with Gasteiger partial charge in [-0.2, -0.15) is 0 Å². The van der Waals surface area contributed by atoms with Crippen LogP contribution in [0.5, 0.6) is 0 Å². The van der Waals surface area contributed by atoms with E-state index in [1.807, 2.05) is 0 Å². The average molecular weight is 97.2 g/mol. The van der Waals surface area contributed by atoms with Crippen molar-refractivity contribution in [3.8, 4) is 0 Å². The van der Waals surface area contributed by atoms with Gasteiger partial charge in [0, 0.05) is 11.6 Å². The lowest BCUT2D eigenvalue weighted by molar-refractivity contribution is 0.403. The molecule has 0 bridgehead atoms. The molecule has 1 nitrogen and oxygen atoms in total. The molecule has 1 aliphatic heterocycles. The molecule has 7 heavy (non-hydrogen) atoms. The van der Waals surface area contributed by atoms with Crippen LogP contribution in [0.15, 0.2) is 0 Å². The second kappa shape index (κ2) is 0.752. The predicted octanol–water partition coefficient (Wildman–Crippen LogP) is 0.853. The van der Waals surface area contributed by atoms with E-state index in [4.69, 9.17) is 0 Å². The van der Waals surface area contributed by atoms with Crippen molar-refractivity contribution in [3.63, 3.8) is 0 Å². The van der Waals surface area contributed by atoms with E-state index in [9.17, 15) is 0 Å². The SMILES string of the molecule is CCC12CC1N2C. The standard InChI is InChI=1S/C6H11N/c1-3-6-4-5(6)7(6)2/h5H,3-4H2,1-2H3. The van der Waals surface area contributed by atoms with Crippen molar-refractivity contribution in [2.75, 3.05) is 7.05 Å². The number of hydrogen-bond donors (Lipinski definition) is 0. The van der Waals surface area contributed by atoms with Gasteiger partial charge in [-0.25, -0.2) is 0 Å². The highest BCUT2D eigenvalue weighted by Gasteiger charge is 2.73. The minimum atomic E-state index is 0.750. The highest BCUT2D eigenvalue weighted by Crippen LogP contribution is 2.63. The summed E-state index contributed by atoms with van der Waals surface area (Å²) in [6.45, 7) is 2.28. The molecule has 0 aromatic heterocycles. The second-order valence-electron chi connectivity index (χ2n) is 2.79. The summed E-state index contributed by atoms with van der Waals surface area (Å²) >= 11 is 0. The first-order valence-corrected chi connectivity index (χ1v) is 3.04. The number of rotatable bonds is 1. The van der Waals surface area contributed by atoms with Gasteiger partial charge in [0.25, 0.3) is 0 Å². The Labute approximate surface area is 44.3 Å². The van der Waals surface area contributed by atoms with Crippen LogP contribution in [-0.4, -0.2) is 23.5 Å². The molecule has 2 aliphatic rings. The second-order valence-corrected chi connectivity index (χ2v) is 2.79. The van der Waals surface area contributed by atoms with Crippen LogP contribution in [0.2, 0.25) is 0 Å². The molecule has 1 aliphatic carbocycles. The van der Waals surface area contributed by atoms with Crippen LogP contribution in [0.4, 0.5) is 0 Å². The molecule has 40 valence electrons. The van der Waals surface area contributed by atoms with Crippen LogP contribution in [0.1, 0.15) is 19.8 Å². The molecule has 1 saturated heterocycles. The third kappa shape index (κ3) is 0.235. The summed E-state index contributed by atoms with van der Waals surface area (Å²) in [4.78, 5) is 2.47. The molecule has 0 aromatic carbocycles. The molecule has 2 fully saturated rings. The predicted molar refractivity (Wildman–Crippen MR) is 29.2 cm³/mol. The van der Waals surface area contributed by atoms with Gasteiger partial charge in [-0.3, -0.25) is 4.90 Å². The largest absolute Gasteiger partial charge is 0.294 e. The highest BCUT2D eigenvalue weighted by molar-refractivity contribution is 5.31. The molecular weight excluding hydrogens is 86.1 g/mol. The highest BCUT2D eigenvalue weighted by atomic mass is 15.5. The first-order chi connectivity index (χ1) is 3.31. The Morgan fingerprint density at radius 1 is 1.86 bits per heavy atom. The van der Waals surface area contributed by atoms with E-state index in [0.717, 1.165) is 11.6 Å². The Morgan fingerprint density at radius 2 is 2.43 bits per heavy atom. The van der Waals surface area contributed by atoms with Crippen molar-refractivity contribution in [1.82, 2.24) is 4.90 Å².